The molecule has 0 amide bonds. The Bertz CT molecular complexity index is 380. The van der Waals surface area contributed by atoms with Gasteiger partial charge >= 0.3 is 0 Å². The molecule has 1 aromatic carbocycles. The first-order valence-electron chi connectivity index (χ1n) is 4.39. The molecule has 4 heteroatoms. The van der Waals surface area contributed by atoms with Crippen molar-refractivity contribution in [3.63, 3.8) is 0 Å². The van der Waals surface area contributed by atoms with E-state index in [1.54, 1.807) is 6.20 Å². The molecule has 0 saturated carbocycles. The number of nitrogens with one attached hydrogen (secondary N) is 1. The standard InChI is InChI=1S/C10H11N3O/c1-8-2-4-10(5-3-8)14-7-9-6-11-13-12-9/h2-6H,7H2,1H3,(H,11,12,13). The second-order valence-corrected chi connectivity index (χ2v) is 3.06. The van der Waals surface area contributed by atoms with Gasteiger partial charge in [0, 0.05) is 0 Å². The number of aryl methyl sites for hydroxylation is 1. The third kappa shape index (κ3) is 2.10. The molecule has 2 rings (SSSR count). The lowest BCUT2D eigenvalue weighted by Gasteiger charge is -2.03. The van der Waals surface area contributed by atoms with Crippen molar-refractivity contribution in [2.75, 3.05) is 0 Å². The highest BCUT2D eigenvalue weighted by Crippen LogP contribution is 2.12. The zero-order valence-corrected chi connectivity index (χ0v) is 7.90. The molecule has 0 aliphatic heterocycles. The van der Waals surface area contributed by atoms with E-state index < -0.39 is 0 Å². The summed E-state index contributed by atoms with van der Waals surface area (Å²) in [4.78, 5) is 0. The van der Waals surface area contributed by atoms with E-state index in [0.29, 0.717) is 6.61 Å². The molecule has 0 spiro atoms. The van der Waals surface area contributed by atoms with Gasteiger partial charge in [-0.1, -0.05) is 17.7 Å². The first-order valence-corrected chi connectivity index (χ1v) is 4.39. The molecule has 0 atom stereocenters. The largest absolute Gasteiger partial charge is 0.487 e. The van der Waals surface area contributed by atoms with E-state index in [4.69, 9.17) is 4.74 Å². The number of rotatable bonds is 3. The van der Waals surface area contributed by atoms with Gasteiger partial charge in [-0.25, -0.2) is 0 Å². The maximum Gasteiger partial charge on any atom is 0.134 e. The van der Waals surface area contributed by atoms with Gasteiger partial charge in [0.1, 0.15) is 18.1 Å². The van der Waals surface area contributed by atoms with Gasteiger partial charge in [0.05, 0.1) is 6.20 Å². The molecule has 0 saturated heterocycles. The molecule has 2 aromatic rings. The molecule has 1 N–H and O–H groups in total. The Morgan fingerprint density at radius 2 is 2.07 bits per heavy atom. The number of benzene rings is 1. The van der Waals surface area contributed by atoms with E-state index in [1.165, 1.54) is 5.56 Å². The van der Waals surface area contributed by atoms with E-state index >= 15 is 0 Å². The molecular weight excluding hydrogens is 178 g/mol. The van der Waals surface area contributed by atoms with Crippen molar-refractivity contribution in [1.29, 1.82) is 0 Å². The monoisotopic (exact) mass is 189 g/mol. The minimum atomic E-state index is 0.444. The molecule has 0 unspecified atom stereocenters. The summed E-state index contributed by atoms with van der Waals surface area (Å²) in [7, 11) is 0. The summed E-state index contributed by atoms with van der Waals surface area (Å²) in [5.41, 5.74) is 2.02. The molecule has 0 aliphatic rings. The number of ether oxygens (including phenoxy) is 1. The summed E-state index contributed by atoms with van der Waals surface area (Å²) in [6.45, 7) is 2.49. The normalized spacial score (nSPS) is 10.1. The Hall–Kier alpha value is -1.84. The van der Waals surface area contributed by atoms with Crippen molar-refractivity contribution in [2.45, 2.75) is 13.5 Å². The fourth-order valence-corrected chi connectivity index (χ4v) is 1.09. The lowest BCUT2D eigenvalue weighted by molar-refractivity contribution is 0.301. The van der Waals surface area contributed by atoms with Crippen molar-refractivity contribution >= 4 is 0 Å². The Morgan fingerprint density at radius 1 is 1.29 bits per heavy atom. The van der Waals surface area contributed by atoms with E-state index in [0.717, 1.165) is 11.4 Å². The van der Waals surface area contributed by atoms with Crippen LogP contribution in [0.3, 0.4) is 0 Å². The summed E-state index contributed by atoms with van der Waals surface area (Å²) in [5, 5.41) is 10.1. The molecule has 0 radical (unpaired) electrons. The minimum Gasteiger partial charge on any atom is -0.487 e. The molecule has 0 aliphatic carbocycles. The van der Waals surface area contributed by atoms with Crippen LogP contribution < -0.4 is 4.74 Å². The van der Waals surface area contributed by atoms with Crippen molar-refractivity contribution in [1.82, 2.24) is 15.4 Å². The lowest BCUT2D eigenvalue weighted by atomic mass is 10.2. The smallest absolute Gasteiger partial charge is 0.134 e. The van der Waals surface area contributed by atoms with Crippen molar-refractivity contribution < 1.29 is 4.74 Å². The Morgan fingerprint density at radius 3 is 2.71 bits per heavy atom. The first-order chi connectivity index (χ1) is 6.84. The molecule has 1 heterocycles. The highest BCUT2D eigenvalue weighted by molar-refractivity contribution is 5.26. The Balaban J connectivity index is 1.95. The lowest BCUT2D eigenvalue weighted by Crippen LogP contribution is -1.95. The maximum absolute atomic E-state index is 5.48. The molecule has 0 fully saturated rings. The van der Waals surface area contributed by atoms with Gasteiger partial charge in [-0.2, -0.15) is 15.4 Å². The molecule has 4 nitrogen and oxygen atoms in total. The quantitative estimate of drug-likeness (QED) is 0.799. The maximum atomic E-state index is 5.48. The van der Waals surface area contributed by atoms with E-state index in [-0.39, 0.29) is 0 Å². The number of hydrogen-bond donors (Lipinski definition) is 1. The van der Waals surface area contributed by atoms with Gasteiger partial charge in [0.25, 0.3) is 0 Å². The zero-order valence-electron chi connectivity index (χ0n) is 7.90. The number of H-pyrrole nitrogens is 1. The summed E-state index contributed by atoms with van der Waals surface area (Å²) < 4.78 is 5.48. The van der Waals surface area contributed by atoms with Gasteiger partial charge in [-0.3, -0.25) is 0 Å². The Kier molecular flexibility index (Phi) is 2.44. The third-order valence-electron chi connectivity index (χ3n) is 1.87. The van der Waals surface area contributed by atoms with Crippen molar-refractivity contribution in [3.05, 3.63) is 41.7 Å². The molecule has 1 aromatic heterocycles. The second-order valence-electron chi connectivity index (χ2n) is 3.06. The number of hydrogen-bond acceptors (Lipinski definition) is 3. The minimum absolute atomic E-state index is 0.444. The van der Waals surface area contributed by atoms with E-state index in [9.17, 15) is 0 Å². The fourth-order valence-electron chi connectivity index (χ4n) is 1.09. The van der Waals surface area contributed by atoms with Crippen LogP contribution in [0.2, 0.25) is 0 Å². The highest BCUT2D eigenvalue weighted by atomic mass is 16.5. The van der Waals surface area contributed by atoms with Crippen molar-refractivity contribution in [2.24, 2.45) is 0 Å². The predicted molar refractivity (Wildman–Crippen MR) is 51.9 cm³/mol. The first kappa shape index (κ1) is 8.74. The van der Waals surface area contributed by atoms with E-state index in [2.05, 4.69) is 15.4 Å². The van der Waals surface area contributed by atoms with Crippen LogP contribution in [0.1, 0.15) is 11.3 Å². The molecular formula is C10H11N3O. The number of aromatic amines is 1. The number of aromatic nitrogens is 3. The van der Waals surface area contributed by atoms with Gasteiger partial charge < -0.3 is 4.74 Å². The van der Waals surface area contributed by atoms with Crippen LogP contribution in [-0.4, -0.2) is 15.4 Å². The summed E-state index contributed by atoms with van der Waals surface area (Å²) in [6.07, 6.45) is 1.65. The zero-order chi connectivity index (χ0) is 9.80. The van der Waals surface area contributed by atoms with Crippen LogP contribution in [0.5, 0.6) is 5.75 Å². The number of nitrogens with zero attached hydrogens (tertiary/aromatic N) is 2. The topological polar surface area (TPSA) is 50.8 Å². The average Bonchev–Trinajstić information content (AvgIpc) is 2.70. The van der Waals surface area contributed by atoms with Gasteiger partial charge in [0.15, 0.2) is 0 Å². The summed E-state index contributed by atoms with van der Waals surface area (Å²) in [5.74, 6) is 0.846. The van der Waals surface area contributed by atoms with Gasteiger partial charge in [0.2, 0.25) is 0 Å². The van der Waals surface area contributed by atoms with Crippen LogP contribution in [0, 0.1) is 6.92 Å². The summed E-state index contributed by atoms with van der Waals surface area (Å²) >= 11 is 0. The van der Waals surface area contributed by atoms with Crippen LogP contribution in [0.25, 0.3) is 0 Å². The van der Waals surface area contributed by atoms with Gasteiger partial charge in [-0.05, 0) is 19.1 Å². The molecule has 0 bridgehead atoms. The molecule has 72 valence electrons. The van der Waals surface area contributed by atoms with Crippen LogP contribution in [0.15, 0.2) is 30.5 Å². The summed E-state index contributed by atoms with van der Waals surface area (Å²) in [6, 6.07) is 7.90. The SMILES string of the molecule is Cc1ccc(OCc2cn[nH]n2)cc1. The van der Waals surface area contributed by atoms with Crippen LogP contribution >= 0.6 is 0 Å². The van der Waals surface area contributed by atoms with Crippen molar-refractivity contribution in [3.8, 4) is 5.75 Å². The predicted octanol–water partition coefficient (Wildman–Crippen LogP) is 1.69. The Labute approximate surface area is 81.9 Å². The van der Waals surface area contributed by atoms with E-state index in [1.807, 2.05) is 31.2 Å². The fraction of sp³-hybridized carbons (Fsp3) is 0.200. The highest BCUT2D eigenvalue weighted by Gasteiger charge is 1.97. The van der Waals surface area contributed by atoms with Crippen LogP contribution in [-0.2, 0) is 6.61 Å². The third-order valence-corrected chi connectivity index (χ3v) is 1.87. The second kappa shape index (κ2) is 3.91. The van der Waals surface area contributed by atoms with Gasteiger partial charge in [-0.15, -0.1) is 0 Å². The van der Waals surface area contributed by atoms with Crippen LogP contribution in [0.4, 0.5) is 0 Å². The molecule has 14 heavy (non-hydrogen) atoms. The average molecular weight is 189 g/mol.